The van der Waals surface area contributed by atoms with Crippen LogP contribution in [0.1, 0.15) is 26.3 Å². The van der Waals surface area contributed by atoms with E-state index in [-0.39, 0.29) is 5.41 Å². The van der Waals surface area contributed by atoms with Crippen LogP contribution in [0.2, 0.25) is 5.02 Å². The molecule has 0 saturated heterocycles. The van der Waals surface area contributed by atoms with Gasteiger partial charge in [0.15, 0.2) is 0 Å². The highest BCUT2D eigenvalue weighted by molar-refractivity contribution is 6.36. The minimum Gasteiger partial charge on any atom is -0.353 e. The van der Waals surface area contributed by atoms with Crippen molar-refractivity contribution in [3.63, 3.8) is 0 Å². The molecule has 2 heteroatoms. The Morgan fingerprint density at radius 3 is 2.44 bits per heavy atom. The minimum atomic E-state index is 0.107. The van der Waals surface area contributed by atoms with Crippen molar-refractivity contribution in [2.45, 2.75) is 26.2 Å². The van der Waals surface area contributed by atoms with E-state index in [1.165, 1.54) is 16.3 Å². The van der Waals surface area contributed by atoms with Crippen LogP contribution < -0.4 is 0 Å². The maximum absolute atomic E-state index is 6.41. The molecule has 0 aliphatic carbocycles. The summed E-state index contributed by atoms with van der Waals surface area (Å²) in [6, 6.07) is 12.6. The van der Waals surface area contributed by atoms with Crippen LogP contribution in [-0.4, -0.2) is 4.98 Å². The summed E-state index contributed by atoms with van der Waals surface area (Å²) in [4.78, 5) is 3.39. The summed E-state index contributed by atoms with van der Waals surface area (Å²) in [6.07, 6.45) is 0. The van der Waals surface area contributed by atoms with E-state index in [2.05, 4.69) is 56.1 Å². The van der Waals surface area contributed by atoms with E-state index in [4.69, 9.17) is 11.6 Å². The Labute approximate surface area is 112 Å². The number of halogens is 1. The Balaban J connectivity index is 2.44. The molecule has 1 nitrogen and oxygen atoms in total. The summed E-state index contributed by atoms with van der Waals surface area (Å²) < 4.78 is 0. The van der Waals surface area contributed by atoms with Crippen LogP contribution in [0, 0.1) is 0 Å². The van der Waals surface area contributed by atoms with Crippen LogP contribution in [0.4, 0.5) is 0 Å². The van der Waals surface area contributed by atoms with Gasteiger partial charge in [-0.2, -0.15) is 0 Å². The van der Waals surface area contributed by atoms with E-state index in [9.17, 15) is 0 Å². The van der Waals surface area contributed by atoms with Gasteiger partial charge in [-0.25, -0.2) is 0 Å². The van der Waals surface area contributed by atoms with Gasteiger partial charge in [0, 0.05) is 16.3 Å². The number of rotatable bonds is 0. The first kappa shape index (κ1) is 11.6. The lowest BCUT2D eigenvalue weighted by atomic mass is 9.86. The third-order valence-electron chi connectivity index (χ3n) is 3.43. The van der Waals surface area contributed by atoms with Gasteiger partial charge < -0.3 is 4.98 Å². The maximum Gasteiger partial charge on any atom is 0.0654 e. The summed E-state index contributed by atoms with van der Waals surface area (Å²) in [5.41, 5.74) is 3.55. The van der Waals surface area contributed by atoms with Crippen molar-refractivity contribution < 1.29 is 0 Å². The molecule has 0 saturated carbocycles. The van der Waals surface area contributed by atoms with Crippen LogP contribution >= 0.6 is 11.6 Å². The fraction of sp³-hybridized carbons (Fsp3) is 0.250. The van der Waals surface area contributed by atoms with Crippen molar-refractivity contribution >= 4 is 33.4 Å². The highest BCUT2D eigenvalue weighted by Crippen LogP contribution is 2.35. The first-order valence-electron chi connectivity index (χ1n) is 6.17. The summed E-state index contributed by atoms with van der Waals surface area (Å²) in [6.45, 7) is 6.62. The number of para-hydroxylation sites is 1. The lowest BCUT2D eigenvalue weighted by molar-refractivity contribution is 0.591. The van der Waals surface area contributed by atoms with Crippen LogP contribution in [0.15, 0.2) is 36.4 Å². The molecule has 0 fully saturated rings. The molecule has 0 aliphatic rings. The van der Waals surface area contributed by atoms with Crippen LogP contribution in [0.25, 0.3) is 21.8 Å². The number of aromatic nitrogens is 1. The molecule has 3 aromatic rings. The van der Waals surface area contributed by atoms with Crippen LogP contribution in [0.5, 0.6) is 0 Å². The average molecular weight is 258 g/mol. The Bertz CT molecular complexity index is 732. The van der Waals surface area contributed by atoms with Gasteiger partial charge in [-0.1, -0.05) is 50.6 Å². The Morgan fingerprint density at radius 1 is 1.00 bits per heavy atom. The second-order valence-electron chi connectivity index (χ2n) is 5.80. The fourth-order valence-electron chi connectivity index (χ4n) is 2.34. The fourth-order valence-corrected chi connectivity index (χ4v) is 2.61. The molecule has 18 heavy (non-hydrogen) atoms. The molecule has 0 radical (unpaired) electrons. The van der Waals surface area contributed by atoms with E-state index >= 15 is 0 Å². The normalized spacial score (nSPS) is 12.4. The highest BCUT2D eigenvalue weighted by atomic mass is 35.5. The predicted octanol–water partition coefficient (Wildman–Crippen LogP) is 5.27. The zero-order valence-corrected chi connectivity index (χ0v) is 11.6. The van der Waals surface area contributed by atoms with Crippen molar-refractivity contribution in [2.75, 3.05) is 0 Å². The molecule has 0 spiro atoms. The second-order valence-corrected chi connectivity index (χ2v) is 6.21. The molecular formula is C16H16ClN. The molecule has 3 rings (SSSR count). The lowest BCUT2D eigenvalue weighted by Gasteiger charge is -2.19. The van der Waals surface area contributed by atoms with Crippen molar-refractivity contribution in [2.24, 2.45) is 0 Å². The number of H-pyrrole nitrogens is 1. The Morgan fingerprint density at radius 2 is 1.72 bits per heavy atom. The van der Waals surface area contributed by atoms with Gasteiger partial charge in [-0.05, 0) is 29.2 Å². The Kier molecular flexibility index (Phi) is 2.43. The molecule has 2 aromatic carbocycles. The van der Waals surface area contributed by atoms with E-state index in [0.717, 1.165) is 16.1 Å². The summed E-state index contributed by atoms with van der Waals surface area (Å²) >= 11 is 6.41. The van der Waals surface area contributed by atoms with Gasteiger partial charge in [0.1, 0.15) is 0 Å². The topological polar surface area (TPSA) is 15.8 Å². The van der Waals surface area contributed by atoms with E-state index in [1.807, 2.05) is 6.07 Å². The largest absolute Gasteiger partial charge is 0.353 e. The number of benzene rings is 2. The number of aromatic amines is 1. The van der Waals surface area contributed by atoms with Gasteiger partial charge in [-0.3, -0.25) is 0 Å². The number of nitrogens with one attached hydrogen (secondary N) is 1. The monoisotopic (exact) mass is 257 g/mol. The van der Waals surface area contributed by atoms with Crippen molar-refractivity contribution in [3.05, 3.63) is 47.0 Å². The molecule has 92 valence electrons. The summed E-state index contributed by atoms with van der Waals surface area (Å²) in [5.74, 6) is 0. The van der Waals surface area contributed by atoms with Crippen molar-refractivity contribution in [3.8, 4) is 0 Å². The minimum absolute atomic E-state index is 0.107. The zero-order chi connectivity index (χ0) is 12.9. The van der Waals surface area contributed by atoms with E-state index in [0.29, 0.717) is 0 Å². The average Bonchev–Trinajstić information content (AvgIpc) is 2.67. The van der Waals surface area contributed by atoms with Crippen LogP contribution in [0.3, 0.4) is 0 Å². The number of fused-ring (bicyclic) bond motifs is 3. The van der Waals surface area contributed by atoms with Gasteiger partial charge in [0.05, 0.1) is 10.5 Å². The zero-order valence-electron chi connectivity index (χ0n) is 10.8. The van der Waals surface area contributed by atoms with Crippen molar-refractivity contribution in [1.29, 1.82) is 0 Å². The molecule has 0 bridgehead atoms. The number of hydrogen-bond acceptors (Lipinski definition) is 0. The number of hydrogen-bond donors (Lipinski definition) is 1. The molecule has 1 N–H and O–H groups in total. The van der Waals surface area contributed by atoms with Gasteiger partial charge in [0.2, 0.25) is 0 Å². The summed E-state index contributed by atoms with van der Waals surface area (Å²) in [5, 5.41) is 3.25. The molecular weight excluding hydrogens is 242 g/mol. The highest BCUT2D eigenvalue weighted by Gasteiger charge is 2.17. The summed E-state index contributed by atoms with van der Waals surface area (Å²) in [7, 11) is 0. The van der Waals surface area contributed by atoms with Crippen molar-refractivity contribution in [1.82, 2.24) is 4.98 Å². The molecule has 0 unspecified atom stereocenters. The Hall–Kier alpha value is -1.47. The lowest BCUT2D eigenvalue weighted by Crippen LogP contribution is -2.10. The molecule has 0 aliphatic heterocycles. The third kappa shape index (κ3) is 1.70. The second kappa shape index (κ2) is 3.76. The smallest absolute Gasteiger partial charge is 0.0654 e. The van der Waals surface area contributed by atoms with Gasteiger partial charge >= 0.3 is 0 Å². The maximum atomic E-state index is 6.41. The quantitative estimate of drug-likeness (QED) is 0.565. The molecule has 0 atom stereocenters. The molecule has 0 amide bonds. The van der Waals surface area contributed by atoms with E-state index in [1.54, 1.807) is 0 Å². The predicted molar refractivity (Wildman–Crippen MR) is 79.5 cm³/mol. The molecule has 1 heterocycles. The first-order chi connectivity index (χ1) is 8.47. The standard InChI is InChI=1S/C16H16ClN/c1-16(2,3)10-8-12-11-6-4-5-7-14(11)18-15(12)13(17)9-10/h4-9,18H,1-3H3. The van der Waals surface area contributed by atoms with Crippen LogP contribution in [-0.2, 0) is 5.41 Å². The molecule has 1 aromatic heterocycles. The van der Waals surface area contributed by atoms with E-state index < -0.39 is 0 Å². The first-order valence-corrected chi connectivity index (χ1v) is 6.55. The van der Waals surface area contributed by atoms with Gasteiger partial charge in [-0.15, -0.1) is 0 Å². The third-order valence-corrected chi connectivity index (χ3v) is 3.73. The SMILES string of the molecule is CC(C)(C)c1cc(Cl)c2[nH]c3ccccc3c2c1. The van der Waals surface area contributed by atoms with Gasteiger partial charge in [0.25, 0.3) is 0 Å².